The molecule has 0 aliphatic heterocycles. The van der Waals surface area contributed by atoms with Gasteiger partial charge in [-0.15, -0.1) is 0 Å². The normalized spacial score (nSPS) is 10.4. The van der Waals surface area contributed by atoms with Crippen molar-refractivity contribution in [3.63, 3.8) is 0 Å². The van der Waals surface area contributed by atoms with E-state index < -0.39 is 0 Å². The first-order valence-electron chi connectivity index (χ1n) is 6.37. The van der Waals surface area contributed by atoms with E-state index in [-0.39, 0.29) is 5.91 Å². The van der Waals surface area contributed by atoms with Crippen molar-refractivity contribution < 1.29 is 14.0 Å². The summed E-state index contributed by atoms with van der Waals surface area (Å²) >= 11 is 0. The summed E-state index contributed by atoms with van der Waals surface area (Å²) in [5.41, 5.74) is 4.68. The molecule has 2 rings (SSSR count). The number of rotatable bonds is 3. The van der Waals surface area contributed by atoms with Crippen molar-refractivity contribution in [1.82, 2.24) is 0 Å². The Balaban J connectivity index is 2.63. The summed E-state index contributed by atoms with van der Waals surface area (Å²) in [4.78, 5) is 22.1. The predicted molar refractivity (Wildman–Crippen MR) is 78.0 cm³/mol. The Morgan fingerprint density at radius 2 is 1.90 bits per heavy atom. The maximum atomic E-state index is 11.3. The average Bonchev–Trinajstić information content (AvgIpc) is 2.82. The van der Waals surface area contributed by atoms with Gasteiger partial charge in [0.05, 0.1) is 0 Å². The van der Waals surface area contributed by atoms with Crippen LogP contribution >= 0.6 is 0 Å². The topological polar surface area (TPSA) is 59.3 Å². The zero-order valence-corrected chi connectivity index (χ0v) is 12.0. The number of hydrogen-bond acceptors (Lipinski definition) is 3. The van der Waals surface area contributed by atoms with Crippen LogP contribution in [0.4, 0.5) is 5.69 Å². The second-order valence-corrected chi connectivity index (χ2v) is 4.89. The molecular weight excluding hydrogens is 254 g/mol. The quantitative estimate of drug-likeness (QED) is 0.867. The molecule has 1 heterocycles. The number of amides is 1. The Labute approximate surface area is 117 Å². The zero-order chi connectivity index (χ0) is 14.9. The highest BCUT2D eigenvalue weighted by atomic mass is 16.3. The Morgan fingerprint density at radius 1 is 1.20 bits per heavy atom. The minimum atomic E-state index is -0.112. The van der Waals surface area contributed by atoms with Crippen molar-refractivity contribution >= 4 is 17.9 Å². The number of carbonyl (C=O) groups excluding carboxylic acids is 2. The van der Waals surface area contributed by atoms with Crippen molar-refractivity contribution in [1.29, 1.82) is 0 Å². The van der Waals surface area contributed by atoms with Crippen molar-refractivity contribution in [2.45, 2.75) is 27.7 Å². The smallest absolute Gasteiger partial charge is 0.221 e. The molecule has 1 aromatic carbocycles. The molecule has 0 unspecified atom stereocenters. The highest BCUT2D eigenvalue weighted by molar-refractivity contribution is 5.92. The molecule has 0 aliphatic carbocycles. The summed E-state index contributed by atoms with van der Waals surface area (Å²) < 4.78 is 5.50. The van der Waals surface area contributed by atoms with Crippen molar-refractivity contribution in [3.05, 3.63) is 40.6 Å². The molecular formula is C16H17NO3. The molecule has 0 bridgehead atoms. The monoisotopic (exact) mass is 271 g/mol. The third-order valence-corrected chi connectivity index (χ3v) is 3.26. The maximum Gasteiger partial charge on any atom is 0.221 e. The summed E-state index contributed by atoms with van der Waals surface area (Å²) in [6.45, 7) is 7.35. The molecule has 104 valence electrons. The molecule has 0 atom stereocenters. The van der Waals surface area contributed by atoms with E-state index in [1.54, 1.807) is 12.1 Å². The fourth-order valence-electron chi connectivity index (χ4n) is 2.48. The van der Waals surface area contributed by atoms with Gasteiger partial charge < -0.3 is 9.73 Å². The minimum absolute atomic E-state index is 0.112. The number of nitrogens with one attached hydrogen (secondary N) is 1. The van der Waals surface area contributed by atoms with Gasteiger partial charge in [-0.25, -0.2) is 0 Å². The van der Waals surface area contributed by atoms with Crippen LogP contribution in [-0.2, 0) is 4.79 Å². The summed E-state index contributed by atoms with van der Waals surface area (Å²) in [6.07, 6.45) is 0.678. The molecule has 4 heteroatoms. The van der Waals surface area contributed by atoms with Gasteiger partial charge in [0, 0.05) is 18.2 Å². The van der Waals surface area contributed by atoms with Crippen LogP contribution in [0.3, 0.4) is 0 Å². The van der Waals surface area contributed by atoms with Crippen molar-refractivity contribution in [2.75, 3.05) is 5.32 Å². The zero-order valence-electron chi connectivity index (χ0n) is 12.0. The summed E-state index contributed by atoms with van der Waals surface area (Å²) in [5.74, 6) is 0.813. The van der Waals surface area contributed by atoms with Crippen LogP contribution in [0.2, 0.25) is 0 Å². The maximum absolute atomic E-state index is 11.3. The van der Waals surface area contributed by atoms with Crippen LogP contribution in [0.1, 0.15) is 34.2 Å². The van der Waals surface area contributed by atoms with E-state index in [9.17, 15) is 9.59 Å². The van der Waals surface area contributed by atoms with Gasteiger partial charge in [0.2, 0.25) is 5.91 Å². The van der Waals surface area contributed by atoms with E-state index in [4.69, 9.17) is 4.42 Å². The van der Waals surface area contributed by atoms with E-state index in [1.165, 1.54) is 6.92 Å². The van der Waals surface area contributed by atoms with Gasteiger partial charge in [0.1, 0.15) is 5.76 Å². The van der Waals surface area contributed by atoms with Crippen molar-refractivity contribution in [2.24, 2.45) is 0 Å². The Hall–Kier alpha value is -2.36. The molecule has 0 radical (unpaired) electrons. The van der Waals surface area contributed by atoms with Gasteiger partial charge in [-0.3, -0.25) is 9.59 Å². The van der Waals surface area contributed by atoms with Crippen molar-refractivity contribution in [3.8, 4) is 11.3 Å². The molecule has 0 fully saturated rings. The standard InChI is InChI=1S/C16H17NO3/c1-9-7-10(2)16(17-12(4)19)11(3)15(9)14-6-5-13(8-18)20-14/h5-8H,1-4H3,(H,17,19). The number of aryl methyl sites for hydroxylation is 2. The molecule has 0 spiro atoms. The van der Waals surface area contributed by atoms with Crippen LogP contribution in [0.5, 0.6) is 0 Å². The molecule has 4 nitrogen and oxygen atoms in total. The fourth-order valence-corrected chi connectivity index (χ4v) is 2.48. The van der Waals surface area contributed by atoms with E-state index >= 15 is 0 Å². The van der Waals surface area contributed by atoms with Crippen LogP contribution in [0.15, 0.2) is 22.6 Å². The lowest BCUT2D eigenvalue weighted by Crippen LogP contribution is -2.09. The van der Waals surface area contributed by atoms with Gasteiger partial charge in [-0.2, -0.15) is 0 Å². The first-order valence-corrected chi connectivity index (χ1v) is 6.37. The van der Waals surface area contributed by atoms with E-state index in [1.807, 2.05) is 26.8 Å². The third-order valence-electron chi connectivity index (χ3n) is 3.26. The lowest BCUT2D eigenvalue weighted by atomic mass is 9.95. The van der Waals surface area contributed by atoms with Crippen LogP contribution in [0.25, 0.3) is 11.3 Å². The molecule has 1 N–H and O–H groups in total. The van der Waals surface area contributed by atoms with E-state index in [0.717, 1.165) is 27.9 Å². The van der Waals surface area contributed by atoms with E-state index in [2.05, 4.69) is 5.32 Å². The fraction of sp³-hybridized carbons (Fsp3) is 0.250. The lowest BCUT2D eigenvalue weighted by molar-refractivity contribution is -0.114. The Morgan fingerprint density at radius 3 is 2.45 bits per heavy atom. The van der Waals surface area contributed by atoms with E-state index in [0.29, 0.717) is 17.8 Å². The van der Waals surface area contributed by atoms with Gasteiger partial charge in [-0.05, 0) is 49.6 Å². The van der Waals surface area contributed by atoms with Gasteiger partial charge in [-0.1, -0.05) is 6.07 Å². The molecule has 0 saturated carbocycles. The third kappa shape index (κ3) is 2.50. The number of anilines is 1. The molecule has 1 amide bonds. The lowest BCUT2D eigenvalue weighted by Gasteiger charge is -2.16. The molecule has 0 aliphatic rings. The molecule has 0 saturated heterocycles. The molecule has 20 heavy (non-hydrogen) atoms. The highest BCUT2D eigenvalue weighted by Gasteiger charge is 2.16. The Kier molecular flexibility index (Phi) is 3.74. The van der Waals surface area contributed by atoms with Gasteiger partial charge in [0.25, 0.3) is 0 Å². The number of benzene rings is 1. The number of aldehydes is 1. The summed E-state index contributed by atoms with van der Waals surface area (Å²) in [6, 6.07) is 5.40. The second-order valence-electron chi connectivity index (χ2n) is 4.89. The number of hydrogen-bond donors (Lipinski definition) is 1. The second kappa shape index (κ2) is 5.33. The predicted octanol–water partition coefficient (Wildman–Crippen LogP) is 3.64. The molecule has 1 aromatic heterocycles. The van der Waals surface area contributed by atoms with Crippen LogP contribution in [-0.4, -0.2) is 12.2 Å². The van der Waals surface area contributed by atoms with Crippen LogP contribution in [0, 0.1) is 20.8 Å². The number of carbonyl (C=O) groups is 2. The molecule has 2 aromatic rings. The summed E-state index contributed by atoms with van der Waals surface area (Å²) in [7, 11) is 0. The first kappa shape index (κ1) is 14.1. The van der Waals surface area contributed by atoms with Gasteiger partial charge in [0.15, 0.2) is 12.0 Å². The first-order chi connectivity index (χ1) is 9.43. The number of furan rings is 1. The highest BCUT2D eigenvalue weighted by Crippen LogP contribution is 2.35. The van der Waals surface area contributed by atoms with Gasteiger partial charge >= 0.3 is 0 Å². The Bertz CT molecular complexity index is 683. The van der Waals surface area contributed by atoms with Crippen LogP contribution < -0.4 is 5.32 Å². The minimum Gasteiger partial charge on any atom is -0.453 e. The average molecular weight is 271 g/mol. The summed E-state index contributed by atoms with van der Waals surface area (Å²) in [5, 5.41) is 2.85. The SMILES string of the molecule is CC(=O)Nc1c(C)cc(C)c(-c2ccc(C=O)o2)c1C. The largest absolute Gasteiger partial charge is 0.453 e.